The Morgan fingerprint density at radius 2 is 0.618 bits per heavy atom. The first-order valence-electron chi connectivity index (χ1n) is 43.9. The van der Waals surface area contributed by atoms with Crippen molar-refractivity contribution in [3.63, 3.8) is 0 Å². The van der Waals surface area contributed by atoms with E-state index in [0.717, 1.165) is 55.6 Å². The minimum absolute atomic E-state index is 0.00400. The topological polar surface area (TPSA) is 88.4 Å². The van der Waals surface area contributed by atoms with E-state index in [-0.39, 0.29) is 114 Å². The van der Waals surface area contributed by atoms with E-state index < -0.39 is 43.2 Å². The molecule has 0 radical (unpaired) electrons. The maximum atomic E-state index is 14.0. The molecule has 131 heavy (non-hydrogen) atoms. The Morgan fingerprint density at radius 3 is 0.992 bits per heavy atom. The molecule has 0 fully saturated rings. The zero-order chi connectivity index (χ0) is 101. The Kier molecular flexibility index (Phi) is 44.4. The summed E-state index contributed by atoms with van der Waals surface area (Å²) in [6.07, 6.45) is -21.5. The van der Waals surface area contributed by atoms with Crippen molar-refractivity contribution >= 4 is 69.6 Å². The summed E-state index contributed by atoms with van der Waals surface area (Å²) in [4.78, 5) is 0. The van der Waals surface area contributed by atoms with Crippen LogP contribution in [0.1, 0.15) is 412 Å². The summed E-state index contributed by atoms with van der Waals surface area (Å²) in [6.45, 7) is 66.9. The lowest BCUT2D eigenvalue weighted by atomic mass is 9.80. The van der Waals surface area contributed by atoms with Crippen LogP contribution in [0.25, 0.3) is 0 Å². The molecule has 8 aromatic carbocycles. The molecular formula is C103H131Cl6F14NO7. The Labute approximate surface area is 798 Å². The number of hydrogen-bond donors (Lipinski definition) is 0. The first kappa shape index (κ1) is 118. The van der Waals surface area contributed by atoms with Gasteiger partial charge in [0, 0.05) is 5.02 Å². The highest BCUT2D eigenvalue weighted by atomic mass is 35.5. The van der Waals surface area contributed by atoms with Gasteiger partial charge in [-0.05, 0) is 250 Å². The minimum Gasteiger partial charge on any atom is -0.406 e. The molecule has 0 saturated heterocycles. The van der Waals surface area contributed by atoms with E-state index in [0.29, 0.717) is 56.7 Å². The van der Waals surface area contributed by atoms with Gasteiger partial charge in [0.15, 0.2) is 34.6 Å². The monoisotopic (exact) mass is 1970 g/mol. The molecule has 8 aromatic rings. The van der Waals surface area contributed by atoms with Crippen LogP contribution < -0.4 is 33.2 Å². The van der Waals surface area contributed by atoms with Gasteiger partial charge in [0.2, 0.25) is 0 Å². The molecule has 0 amide bonds. The molecule has 0 spiro atoms. The van der Waals surface area contributed by atoms with Crippen molar-refractivity contribution in [1.82, 2.24) is 0 Å². The van der Waals surface area contributed by atoms with Crippen LogP contribution in [-0.4, -0.2) is 31.7 Å². The summed E-state index contributed by atoms with van der Waals surface area (Å²) in [5.41, 5.74) is 16.6. The molecule has 0 unspecified atom stereocenters. The number of nitriles is 1. The second-order valence-corrected chi connectivity index (χ2v) is 40.0. The second-order valence-electron chi connectivity index (χ2n) is 37.7. The summed E-state index contributed by atoms with van der Waals surface area (Å²) >= 11 is 36.6. The molecule has 0 bridgehead atoms. The number of halogens is 20. The minimum atomic E-state index is -4.88. The lowest BCUT2D eigenvalue weighted by Crippen LogP contribution is -2.26. The Morgan fingerprint density at radius 1 is 0.305 bits per heavy atom. The van der Waals surface area contributed by atoms with E-state index in [9.17, 15) is 61.5 Å². The van der Waals surface area contributed by atoms with E-state index in [2.05, 4.69) is 147 Å². The Bertz CT molecular complexity index is 5010. The van der Waals surface area contributed by atoms with Gasteiger partial charge >= 0.3 is 31.7 Å². The van der Waals surface area contributed by atoms with E-state index in [1.807, 2.05) is 156 Å². The van der Waals surface area contributed by atoms with Gasteiger partial charge in [0.05, 0.1) is 36.7 Å². The van der Waals surface area contributed by atoms with Gasteiger partial charge in [-0.3, -0.25) is 0 Å². The molecule has 730 valence electrons. The fraction of sp³-hybridized carbons (Fsp3) is 0.524. The summed E-state index contributed by atoms with van der Waals surface area (Å²) in [5.74, 6) is 1.67. The van der Waals surface area contributed by atoms with Crippen LogP contribution >= 0.6 is 69.6 Å². The van der Waals surface area contributed by atoms with Crippen molar-refractivity contribution < 1.29 is 94.6 Å². The summed E-state index contributed by atoms with van der Waals surface area (Å²) in [5, 5.41) is 11.5. The number of alkyl halides is 13. The number of rotatable bonds is 18. The molecule has 28 heteroatoms. The van der Waals surface area contributed by atoms with Gasteiger partial charge in [-0.25, -0.2) is 4.39 Å². The van der Waals surface area contributed by atoms with Crippen molar-refractivity contribution in [2.75, 3.05) is 0 Å². The van der Waals surface area contributed by atoms with Crippen LogP contribution in [0.3, 0.4) is 0 Å². The molecule has 2 aliphatic heterocycles. The predicted octanol–water partition coefficient (Wildman–Crippen LogP) is 38.9. The lowest BCUT2D eigenvalue weighted by molar-refractivity contribution is -0.287. The summed E-state index contributed by atoms with van der Waals surface area (Å²) in [7, 11) is 0. The lowest BCUT2D eigenvalue weighted by Gasteiger charge is -2.26. The highest BCUT2D eigenvalue weighted by Gasteiger charge is 2.48. The number of nitrogens with zero attached hydrogens (tertiary/aromatic N) is 1. The van der Waals surface area contributed by atoms with Crippen molar-refractivity contribution in [2.45, 2.75) is 354 Å². The normalized spacial score (nSPS) is 13.2. The number of fused-ring (bicyclic) bond motifs is 2. The fourth-order valence-electron chi connectivity index (χ4n) is 14.8. The highest BCUT2D eigenvalue weighted by Crippen LogP contribution is 2.54. The molecule has 0 aliphatic carbocycles. The first-order chi connectivity index (χ1) is 59.7. The third-order valence-corrected chi connectivity index (χ3v) is 23.0. The number of ether oxygens (including phenoxy) is 7. The number of benzene rings is 8. The zero-order valence-corrected chi connectivity index (χ0v) is 85.9. The molecule has 8 nitrogen and oxygen atoms in total. The Balaban J connectivity index is 0.000000387. The number of hydrogen-bond acceptors (Lipinski definition) is 8. The predicted molar refractivity (Wildman–Crippen MR) is 509 cm³/mol. The van der Waals surface area contributed by atoms with Crippen LogP contribution in [0.2, 0.25) is 30.1 Å². The average Bonchev–Trinajstić information content (AvgIpc) is 1.63. The third kappa shape index (κ3) is 35.0. The van der Waals surface area contributed by atoms with Crippen molar-refractivity contribution in [3.8, 4) is 46.3 Å². The van der Waals surface area contributed by atoms with Crippen LogP contribution in [0.5, 0.6) is 40.2 Å². The Hall–Kier alpha value is -7.39. The van der Waals surface area contributed by atoms with Crippen molar-refractivity contribution in [2.24, 2.45) is 0 Å². The second kappa shape index (κ2) is 49.4. The van der Waals surface area contributed by atoms with E-state index in [1.54, 1.807) is 38.1 Å². The maximum absolute atomic E-state index is 14.0. The summed E-state index contributed by atoms with van der Waals surface area (Å²) in [6, 6.07) is 31.6. The van der Waals surface area contributed by atoms with Crippen LogP contribution in [0.15, 0.2) is 103 Å². The van der Waals surface area contributed by atoms with Crippen molar-refractivity contribution in [1.29, 1.82) is 5.26 Å². The quantitative estimate of drug-likeness (QED) is 0.0785. The molecule has 0 saturated carbocycles. The van der Waals surface area contributed by atoms with Gasteiger partial charge in [-0.2, -0.15) is 5.26 Å². The molecule has 0 N–H and O–H groups in total. The SMILES string of the molecule is CC(C)c1c(C(C)(C)C)cc2c(c1Cl)OC(F)(F)O2.CC(C)c1cc2c(c(Cl)c1C(C)C)OC(F)(F)O2.CC(C)c1ccc(C#N)cc1C(C)C.CC(C)c1ccc(Cl)c(Cl)c1C(C)C.CC(C)c1ccc(Cl)cc1C(C)C.CC(C)c1ccc(OC(F)(F)F)c(Cl)c1C(C)C.CC(C)c1ccc(OC(F)(F)F)c(F)c1C(C)C.CC(C)c1ccc(OC(F)(F)F)cc1C(C)C. The van der Waals surface area contributed by atoms with Gasteiger partial charge in [0.1, 0.15) is 11.5 Å². The molecule has 0 atom stereocenters. The van der Waals surface area contributed by atoms with Crippen LogP contribution in [0.4, 0.5) is 61.5 Å². The molecule has 0 aromatic heterocycles. The molecule has 10 rings (SSSR count). The third-order valence-electron chi connectivity index (χ3n) is 20.8. The van der Waals surface area contributed by atoms with E-state index in [1.165, 1.54) is 57.6 Å². The van der Waals surface area contributed by atoms with E-state index >= 15 is 0 Å². The zero-order valence-electron chi connectivity index (χ0n) is 81.3. The van der Waals surface area contributed by atoms with Crippen molar-refractivity contribution in [3.05, 3.63) is 234 Å². The summed E-state index contributed by atoms with van der Waals surface area (Å²) < 4.78 is 205. The largest absolute Gasteiger partial charge is 0.586 e. The van der Waals surface area contributed by atoms with Gasteiger partial charge < -0.3 is 33.2 Å². The van der Waals surface area contributed by atoms with Crippen LogP contribution in [0, 0.1) is 17.1 Å². The molecule has 2 aliphatic rings. The standard InChI is InChI=1S/C14H17ClF2O2.C13H16ClF3O.C13H15ClF2O2.C13H16F4O.C13H17F3O.C13H17N.C12H16Cl2.C12H17Cl/c1-7(2)10-8(13(3,4)5)6-9-12(11(10)15)19-14(16,17)18-9;1-7(2)9-5-6-10(18-13(15,16)17)12(14)11(9)8(3)4;1-6(2)8-5-9-12(18-13(15,16)17-9)11(14)10(8)7(3)4;1-7(2)9-5-6-10(18-13(15,16)17)12(14)11(9)8(3)4;1-8(2)11-6-5-10(17-13(14,15)16)7-12(11)9(3)4;1-9(2)12-6-5-11(8-14)7-13(12)10(3)4;1-7(2)9-5-6-10(13)12(14)11(9)8(3)4;1-8(2)11-6-5-10(13)7-12(11)9(3)4/h6-7H,1-5H3;5-8H,1-4H3;5-7H,1-4H3;5-8H,1-4H3;5-9H,1-4H3;5-7,9-10H,1-4H3;5-8H,1-4H3;5-9H,1-4H3. The molecule has 2 heterocycles. The fourth-order valence-corrected chi connectivity index (χ4v) is 16.9. The van der Waals surface area contributed by atoms with Gasteiger partial charge in [0.25, 0.3) is 0 Å². The van der Waals surface area contributed by atoms with Gasteiger partial charge in [-0.1, -0.05) is 334 Å². The molecular weight excluding hydrogens is 1840 g/mol. The highest BCUT2D eigenvalue weighted by molar-refractivity contribution is 6.42. The van der Waals surface area contributed by atoms with Crippen LogP contribution in [-0.2, 0) is 5.41 Å². The van der Waals surface area contributed by atoms with Gasteiger partial charge in [-0.15, -0.1) is 57.1 Å². The van der Waals surface area contributed by atoms with E-state index in [4.69, 9.17) is 74.9 Å². The first-order valence-corrected chi connectivity index (χ1v) is 46.1. The maximum Gasteiger partial charge on any atom is 0.586 e. The smallest absolute Gasteiger partial charge is 0.406 e. The average molecular weight is 1970 g/mol.